The van der Waals surface area contributed by atoms with Gasteiger partial charge in [-0.05, 0) is 36.4 Å². The van der Waals surface area contributed by atoms with Crippen LogP contribution in [0.25, 0.3) is 0 Å². The summed E-state index contributed by atoms with van der Waals surface area (Å²) in [5, 5.41) is 0.675. The van der Waals surface area contributed by atoms with Crippen LogP contribution in [0.1, 0.15) is 10.4 Å². The van der Waals surface area contributed by atoms with Gasteiger partial charge in [0, 0.05) is 15.1 Å². The summed E-state index contributed by atoms with van der Waals surface area (Å²) < 4.78 is 19.3. The minimum atomic E-state index is -0.547. The number of ketones is 1. The third kappa shape index (κ3) is 3.72. The molecule has 0 fully saturated rings. The number of hydrogen-bond acceptors (Lipinski definition) is 2. The van der Waals surface area contributed by atoms with Crippen molar-refractivity contribution in [3.63, 3.8) is 0 Å². The molecule has 0 heterocycles. The number of hydrogen-bond donors (Lipinski definition) is 0. The van der Waals surface area contributed by atoms with Gasteiger partial charge in [-0.15, -0.1) is 0 Å². The van der Waals surface area contributed by atoms with Crippen molar-refractivity contribution in [1.82, 2.24) is 0 Å². The fourth-order valence-electron chi connectivity index (χ4n) is 1.53. The van der Waals surface area contributed by atoms with Crippen molar-refractivity contribution in [3.05, 3.63) is 62.3 Å². The number of rotatable bonds is 4. The molecule has 0 aliphatic carbocycles. The molecule has 20 heavy (non-hydrogen) atoms. The molecule has 0 aliphatic rings. The lowest BCUT2D eigenvalue weighted by molar-refractivity contribution is 0.0919. The molecule has 2 rings (SSSR count). The molecule has 6 heteroatoms. The predicted molar refractivity (Wildman–Crippen MR) is 80.4 cm³/mol. The molecule has 0 spiro atoms. The van der Waals surface area contributed by atoms with Crippen molar-refractivity contribution in [2.75, 3.05) is 6.61 Å². The van der Waals surface area contributed by atoms with Gasteiger partial charge in [-0.25, -0.2) is 4.39 Å². The summed E-state index contributed by atoms with van der Waals surface area (Å²) in [5.74, 6) is -0.894. The molecular formula is C14H8BrCl2FO2. The van der Waals surface area contributed by atoms with Crippen molar-refractivity contribution in [2.24, 2.45) is 0 Å². The van der Waals surface area contributed by atoms with E-state index >= 15 is 0 Å². The lowest BCUT2D eigenvalue weighted by Gasteiger charge is -2.08. The first-order chi connectivity index (χ1) is 9.47. The first-order valence-corrected chi connectivity index (χ1v) is 7.08. The molecule has 0 bridgehead atoms. The van der Waals surface area contributed by atoms with Crippen LogP contribution in [-0.2, 0) is 0 Å². The smallest absolute Gasteiger partial charge is 0.201 e. The quantitative estimate of drug-likeness (QED) is 0.688. The summed E-state index contributed by atoms with van der Waals surface area (Å²) in [5.41, 5.74) is 0.286. The highest BCUT2D eigenvalue weighted by atomic mass is 79.9. The average Bonchev–Trinajstić information content (AvgIpc) is 2.37. The third-order valence-corrected chi connectivity index (χ3v) is 3.53. The van der Waals surface area contributed by atoms with E-state index in [1.807, 2.05) is 0 Å². The van der Waals surface area contributed by atoms with Gasteiger partial charge in [0.25, 0.3) is 0 Å². The molecule has 2 aromatic carbocycles. The van der Waals surface area contributed by atoms with E-state index in [-0.39, 0.29) is 28.7 Å². The molecule has 104 valence electrons. The third-order valence-electron chi connectivity index (χ3n) is 2.48. The zero-order valence-corrected chi connectivity index (χ0v) is 13.1. The van der Waals surface area contributed by atoms with Crippen LogP contribution in [0.2, 0.25) is 10.0 Å². The summed E-state index contributed by atoms with van der Waals surface area (Å²) in [6.45, 7) is -0.306. The Morgan fingerprint density at radius 3 is 2.60 bits per heavy atom. The Morgan fingerprint density at radius 1 is 1.20 bits per heavy atom. The number of carbonyl (C=O) groups is 1. The summed E-state index contributed by atoms with van der Waals surface area (Å²) in [6.07, 6.45) is 0. The van der Waals surface area contributed by atoms with Crippen LogP contribution in [0, 0.1) is 5.82 Å². The Labute approximate surface area is 133 Å². The summed E-state index contributed by atoms with van der Waals surface area (Å²) in [7, 11) is 0. The van der Waals surface area contributed by atoms with Crippen molar-refractivity contribution in [1.29, 1.82) is 0 Å². The highest BCUT2D eigenvalue weighted by Gasteiger charge is 2.13. The van der Waals surface area contributed by atoms with E-state index in [1.54, 1.807) is 12.1 Å². The molecule has 2 aromatic rings. The Bertz CT molecular complexity index is 662. The largest absolute Gasteiger partial charge is 0.482 e. The first kappa shape index (κ1) is 15.3. The molecule has 0 saturated carbocycles. The van der Waals surface area contributed by atoms with Crippen molar-refractivity contribution in [3.8, 4) is 5.75 Å². The van der Waals surface area contributed by atoms with Crippen LogP contribution < -0.4 is 4.74 Å². The monoisotopic (exact) mass is 376 g/mol. The Balaban J connectivity index is 2.08. The zero-order chi connectivity index (χ0) is 14.7. The second-order valence-electron chi connectivity index (χ2n) is 3.91. The minimum absolute atomic E-state index is 0.00614. The van der Waals surface area contributed by atoms with Gasteiger partial charge < -0.3 is 4.74 Å². The molecule has 0 aliphatic heterocycles. The van der Waals surface area contributed by atoms with Gasteiger partial charge in [-0.1, -0.05) is 39.1 Å². The average molecular weight is 378 g/mol. The van der Waals surface area contributed by atoms with Gasteiger partial charge in [0.1, 0.15) is 0 Å². The molecule has 2 nitrogen and oxygen atoms in total. The van der Waals surface area contributed by atoms with Crippen LogP contribution in [0.4, 0.5) is 4.39 Å². The summed E-state index contributed by atoms with van der Waals surface area (Å²) >= 11 is 14.8. The number of ether oxygens (including phenoxy) is 1. The van der Waals surface area contributed by atoms with E-state index in [4.69, 9.17) is 27.9 Å². The van der Waals surface area contributed by atoms with Gasteiger partial charge in [-0.2, -0.15) is 0 Å². The van der Waals surface area contributed by atoms with E-state index in [2.05, 4.69) is 15.9 Å². The van der Waals surface area contributed by atoms with Crippen LogP contribution in [0.5, 0.6) is 5.75 Å². The normalized spacial score (nSPS) is 10.4. The number of halogens is 4. The Kier molecular flexibility index (Phi) is 5.02. The Hall–Kier alpha value is -1.10. The van der Waals surface area contributed by atoms with E-state index in [0.717, 1.165) is 0 Å². The van der Waals surface area contributed by atoms with E-state index in [0.29, 0.717) is 9.50 Å². The molecule has 0 N–H and O–H groups in total. The fourth-order valence-corrected chi connectivity index (χ4v) is 2.38. The molecule has 0 atom stereocenters. The second-order valence-corrected chi connectivity index (χ2v) is 5.67. The fraction of sp³-hybridized carbons (Fsp3) is 0.0714. The van der Waals surface area contributed by atoms with Gasteiger partial charge in [-0.3, -0.25) is 4.79 Å². The zero-order valence-electron chi connectivity index (χ0n) is 10.00. The van der Waals surface area contributed by atoms with Crippen LogP contribution in [0.3, 0.4) is 0 Å². The van der Waals surface area contributed by atoms with E-state index in [1.165, 1.54) is 24.3 Å². The maximum atomic E-state index is 13.5. The van der Waals surface area contributed by atoms with Gasteiger partial charge in [0.05, 0.1) is 5.02 Å². The number of Topliss-reactive ketones (excluding diaryl/α,β-unsaturated/α-hetero) is 1. The summed E-state index contributed by atoms with van der Waals surface area (Å²) in [4.78, 5) is 11.9. The first-order valence-electron chi connectivity index (χ1n) is 5.53. The summed E-state index contributed by atoms with van der Waals surface area (Å²) in [6, 6.07) is 8.86. The van der Waals surface area contributed by atoms with E-state index < -0.39 is 5.82 Å². The maximum Gasteiger partial charge on any atom is 0.201 e. The van der Waals surface area contributed by atoms with Crippen LogP contribution >= 0.6 is 39.1 Å². The SMILES string of the molecule is O=C(COc1ccc(Br)cc1F)c1ccc(Cl)cc1Cl. The molecular weight excluding hydrogens is 370 g/mol. The molecule has 0 radical (unpaired) electrons. The number of carbonyl (C=O) groups excluding carboxylic acids is 1. The van der Waals surface area contributed by atoms with Gasteiger partial charge in [0.15, 0.2) is 18.2 Å². The standard InChI is InChI=1S/C14H8BrCl2FO2/c15-8-1-4-14(12(18)5-8)20-7-13(19)10-3-2-9(16)6-11(10)17/h1-6H,7H2. The lowest BCUT2D eigenvalue weighted by atomic mass is 10.1. The van der Waals surface area contributed by atoms with Gasteiger partial charge in [0.2, 0.25) is 5.78 Å². The van der Waals surface area contributed by atoms with Crippen molar-refractivity contribution >= 4 is 44.9 Å². The lowest BCUT2D eigenvalue weighted by Crippen LogP contribution is -2.12. The number of benzene rings is 2. The second kappa shape index (κ2) is 6.57. The molecule has 0 saturated heterocycles. The topological polar surface area (TPSA) is 26.3 Å². The maximum absolute atomic E-state index is 13.5. The highest BCUT2D eigenvalue weighted by molar-refractivity contribution is 9.10. The molecule has 0 unspecified atom stereocenters. The molecule has 0 aromatic heterocycles. The Morgan fingerprint density at radius 2 is 1.95 bits per heavy atom. The highest BCUT2D eigenvalue weighted by Crippen LogP contribution is 2.23. The van der Waals surface area contributed by atoms with Crippen molar-refractivity contribution in [2.45, 2.75) is 0 Å². The minimum Gasteiger partial charge on any atom is -0.482 e. The van der Waals surface area contributed by atoms with Crippen LogP contribution in [0.15, 0.2) is 40.9 Å². The van der Waals surface area contributed by atoms with Crippen LogP contribution in [-0.4, -0.2) is 12.4 Å². The predicted octanol–water partition coefficient (Wildman–Crippen LogP) is 5.16. The van der Waals surface area contributed by atoms with Crippen molar-refractivity contribution < 1.29 is 13.9 Å². The van der Waals surface area contributed by atoms with E-state index in [9.17, 15) is 9.18 Å². The molecule has 0 amide bonds. The van der Waals surface area contributed by atoms with Gasteiger partial charge >= 0.3 is 0 Å².